The maximum atomic E-state index is 10.1. The van der Waals surface area contributed by atoms with Crippen LogP contribution in [0.25, 0.3) is 5.57 Å². The van der Waals surface area contributed by atoms with Crippen LogP contribution < -0.4 is 0 Å². The Balaban J connectivity index is 1.96. The molecule has 1 aromatic rings. The number of aliphatic hydroxyl groups is 4. The van der Waals surface area contributed by atoms with E-state index in [0.717, 1.165) is 23.1 Å². The van der Waals surface area contributed by atoms with Crippen LogP contribution in [0.1, 0.15) is 23.1 Å². The van der Waals surface area contributed by atoms with Crippen molar-refractivity contribution in [2.45, 2.75) is 24.7 Å². The first-order valence-electron chi connectivity index (χ1n) is 5.91. The lowest BCUT2D eigenvalue weighted by Gasteiger charge is -2.31. The molecule has 0 amide bonds. The summed E-state index contributed by atoms with van der Waals surface area (Å²) >= 11 is 0. The van der Waals surface area contributed by atoms with Crippen molar-refractivity contribution in [2.24, 2.45) is 0 Å². The zero-order valence-corrected chi connectivity index (χ0v) is 9.51. The Hall–Kier alpha value is -1.62. The molecule has 1 fully saturated rings. The number of allylic oxidation sites excluding steroid dienone is 2. The van der Waals surface area contributed by atoms with Gasteiger partial charge in [-0.2, -0.15) is 0 Å². The molecule has 18 heavy (non-hydrogen) atoms. The summed E-state index contributed by atoms with van der Waals surface area (Å²) in [7, 11) is 0. The van der Waals surface area contributed by atoms with Gasteiger partial charge in [0, 0.05) is 17.6 Å². The lowest BCUT2D eigenvalue weighted by atomic mass is 9.88. The second kappa shape index (κ2) is 2.85. The third-order valence-corrected chi connectivity index (χ3v) is 4.00. The number of rotatable bonds is 1. The first kappa shape index (κ1) is 10.3. The topological polar surface area (TPSA) is 80.9 Å². The van der Waals surface area contributed by atoms with E-state index in [4.69, 9.17) is 0 Å². The number of hydrogen-bond donors (Lipinski definition) is 4. The van der Waals surface area contributed by atoms with E-state index in [0.29, 0.717) is 17.6 Å². The Morgan fingerprint density at radius 3 is 2.67 bits per heavy atom. The van der Waals surface area contributed by atoms with Crippen molar-refractivity contribution < 1.29 is 20.4 Å². The Labute approximate surface area is 103 Å². The summed E-state index contributed by atoms with van der Waals surface area (Å²) in [5.74, 6) is -2.72. The number of benzene rings is 1. The maximum absolute atomic E-state index is 10.1. The zero-order chi connectivity index (χ0) is 12.7. The third-order valence-electron chi connectivity index (χ3n) is 4.00. The van der Waals surface area contributed by atoms with Gasteiger partial charge in [-0.3, -0.25) is 0 Å². The highest BCUT2D eigenvalue weighted by Gasteiger charge is 2.52. The summed E-state index contributed by atoms with van der Waals surface area (Å²) in [4.78, 5) is 0. The highest BCUT2D eigenvalue weighted by atomic mass is 16.5. The van der Waals surface area contributed by atoms with Crippen LogP contribution in [0.5, 0.6) is 0 Å². The molecular weight excluding hydrogens is 232 g/mol. The Morgan fingerprint density at radius 1 is 1.11 bits per heavy atom. The summed E-state index contributed by atoms with van der Waals surface area (Å²) in [5.41, 5.74) is 4.85. The Morgan fingerprint density at radius 2 is 1.89 bits per heavy atom. The molecule has 4 N–H and O–H groups in total. The van der Waals surface area contributed by atoms with Crippen LogP contribution in [-0.4, -0.2) is 32.3 Å². The number of aliphatic hydroxyl groups excluding tert-OH is 2. The van der Waals surface area contributed by atoms with Crippen molar-refractivity contribution >= 4 is 5.57 Å². The van der Waals surface area contributed by atoms with Gasteiger partial charge < -0.3 is 20.4 Å². The van der Waals surface area contributed by atoms with Crippen molar-refractivity contribution in [1.82, 2.24) is 0 Å². The summed E-state index contributed by atoms with van der Waals surface area (Å²) in [6.07, 6.45) is -0.287. The Bertz CT molecular complexity index is 652. The highest BCUT2D eigenvalue weighted by Crippen LogP contribution is 2.55. The van der Waals surface area contributed by atoms with E-state index in [1.165, 1.54) is 5.56 Å². The fraction of sp³-hybridized carbons (Fsp3) is 0.286. The Kier molecular flexibility index (Phi) is 1.64. The van der Waals surface area contributed by atoms with E-state index in [-0.39, 0.29) is 5.76 Å². The molecule has 1 atom stereocenters. The summed E-state index contributed by atoms with van der Waals surface area (Å²) in [6.45, 7) is 0. The van der Waals surface area contributed by atoms with E-state index >= 15 is 0 Å². The number of fused-ring (bicyclic) bond motifs is 2. The minimum Gasteiger partial charge on any atom is -0.509 e. The van der Waals surface area contributed by atoms with Crippen LogP contribution in [0.2, 0.25) is 0 Å². The van der Waals surface area contributed by atoms with Gasteiger partial charge in [0.25, 0.3) is 0 Å². The molecule has 4 rings (SSSR count). The molecule has 0 radical (unpaired) electrons. The lowest BCUT2D eigenvalue weighted by Crippen LogP contribution is -2.45. The van der Waals surface area contributed by atoms with Crippen molar-refractivity contribution in [3.8, 4) is 0 Å². The molecule has 4 heteroatoms. The smallest absolute Gasteiger partial charge is 0.225 e. The van der Waals surface area contributed by atoms with Gasteiger partial charge in [0.1, 0.15) is 5.76 Å². The molecule has 0 aliphatic heterocycles. The van der Waals surface area contributed by atoms with Gasteiger partial charge in [-0.25, -0.2) is 0 Å². The minimum atomic E-state index is -2.41. The van der Waals surface area contributed by atoms with Gasteiger partial charge in [-0.15, -0.1) is 0 Å². The molecule has 0 heterocycles. The van der Waals surface area contributed by atoms with Crippen molar-refractivity contribution in [3.05, 3.63) is 51.8 Å². The summed E-state index contributed by atoms with van der Waals surface area (Å²) in [5, 5.41) is 39.7. The van der Waals surface area contributed by atoms with Gasteiger partial charge in [-0.05, 0) is 28.7 Å². The van der Waals surface area contributed by atoms with Crippen LogP contribution in [0.4, 0.5) is 0 Å². The van der Waals surface area contributed by atoms with E-state index in [1.54, 1.807) is 0 Å². The average Bonchev–Trinajstić information content (AvgIpc) is 3.18. The fourth-order valence-corrected chi connectivity index (χ4v) is 2.86. The molecule has 3 aliphatic carbocycles. The normalized spacial score (nSPS) is 26.9. The van der Waals surface area contributed by atoms with Crippen molar-refractivity contribution in [2.75, 3.05) is 0 Å². The average molecular weight is 244 g/mol. The van der Waals surface area contributed by atoms with Gasteiger partial charge in [0.05, 0.1) is 0 Å². The third kappa shape index (κ3) is 1.10. The maximum Gasteiger partial charge on any atom is 0.225 e. The van der Waals surface area contributed by atoms with Crippen LogP contribution in [-0.2, 0) is 6.42 Å². The molecular formula is C14H12O4. The number of hydrogen-bond acceptors (Lipinski definition) is 4. The minimum absolute atomic E-state index is 0.310. The predicted octanol–water partition coefficient (Wildman–Crippen LogP) is 0.616. The van der Waals surface area contributed by atoms with Crippen LogP contribution >= 0.6 is 0 Å². The largest absolute Gasteiger partial charge is 0.509 e. The quantitative estimate of drug-likeness (QED) is 0.554. The molecule has 0 aromatic heterocycles. The first-order chi connectivity index (χ1) is 8.51. The molecule has 0 bridgehead atoms. The molecule has 1 unspecified atom stereocenters. The molecule has 92 valence electrons. The summed E-state index contributed by atoms with van der Waals surface area (Å²) in [6, 6.07) is 5.71. The SMILES string of the molecule is OC1=C2CC2=C(c2cccc3c2C3)C(O)(O)C1O. The first-order valence-corrected chi connectivity index (χ1v) is 5.91. The van der Waals surface area contributed by atoms with Gasteiger partial charge >= 0.3 is 0 Å². The second-order valence-electron chi connectivity index (χ2n) is 5.14. The zero-order valence-electron chi connectivity index (χ0n) is 9.51. The molecule has 3 aliphatic rings. The molecule has 1 saturated carbocycles. The van der Waals surface area contributed by atoms with Crippen molar-refractivity contribution in [3.63, 3.8) is 0 Å². The second-order valence-corrected chi connectivity index (χ2v) is 5.14. The van der Waals surface area contributed by atoms with E-state index in [2.05, 4.69) is 0 Å². The van der Waals surface area contributed by atoms with Crippen molar-refractivity contribution in [1.29, 1.82) is 0 Å². The monoisotopic (exact) mass is 244 g/mol. The van der Waals surface area contributed by atoms with Crippen LogP contribution in [0, 0.1) is 0 Å². The van der Waals surface area contributed by atoms with E-state index in [1.807, 2.05) is 18.2 Å². The molecule has 1 aromatic carbocycles. The van der Waals surface area contributed by atoms with Gasteiger partial charge in [0.15, 0.2) is 6.10 Å². The van der Waals surface area contributed by atoms with E-state index < -0.39 is 11.9 Å². The van der Waals surface area contributed by atoms with E-state index in [9.17, 15) is 20.4 Å². The summed E-state index contributed by atoms with van der Waals surface area (Å²) < 4.78 is 0. The van der Waals surface area contributed by atoms with Gasteiger partial charge in [-0.1, -0.05) is 18.2 Å². The standard InChI is InChI=1S/C14H12O4/c15-12-10-5-9(10)11(14(17,18)13(12)16)7-3-1-2-6-4-8(6)7/h1-3,13,15-18H,4-5H2. The molecule has 0 saturated heterocycles. The van der Waals surface area contributed by atoms with Crippen LogP contribution in [0.15, 0.2) is 35.1 Å². The highest BCUT2D eigenvalue weighted by molar-refractivity contribution is 5.88. The predicted molar refractivity (Wildman–Crippen MR) is 63.6 cm³/mol. The fourth-order valence-electron chi connectivity index (χ4n) is 2.86. The molecule has 0 spiro atoms. The van der Waals surface area contributed by atoms with Crippen LogP contribution in [0.3, 0.4) is 0 Å². The van der Waals surface area contributed by atoms with Gasteiger partial charge in [0.2, 0.25) is 5.79 Å². The lowest BCUT2D eigenvalue weighted by molar-refractivity contribution is -0.177. The molecule has 4 nitrogen and oxygen atoms in total.